The number of terminal acetylenes is 1. The van der Waals surface area contributed by atoms with E-state index in [1.807, 2.05) is 5.92 Å². The minimum Gasteiger partial charge on any atom is -0.466 e. The third-order valence-corrected chi connectivity index (χ3v) is 1.28. The van der Waals surface area contributed by atoms with E-state index in [-0.39, 0.29) is 5.97 Å². The van der Waals surface area contributed by atoms with E-state index in [9.17, 15) is 9.59 Å². The lowest BCUT2D eigenvalue weighted by Crippen LogP contribution is -2.23. The Morgan fingerprint density at radius 3 is 2.77 bits per heavy atom. The third kappa shape index (κ3) is 6.88. The molecule has 0 rings (SSSR count). The van der Waals surface area contributed by atoms with E-state index in [2.05, 4.69) is 10.1 Å². The highest BCUT2D eigenvalue weighted by Crippen LogP contribution is 1.90. The van der Waals surface area contributed by atoms with Crippen molar-refractivity contribution in [3.8, 4) is 12.3 Å². The zero-order valence-electron chi connectivity index (χ0n) is 7.63. The molecular formula is C9H13NO3. The molecular weight excluding hydrogens is 170 g/mol. The van der Waals surface area contributed by atoms with Crippen LogP contribution in [0.3, 0.4) is 0 Å². The van der Waals surface area contributed by atoms with E-state index >= 15 is 0 Å². The molecule has 0 aliphatic rings. The van der Waals surface area contributed by atoms with Gasteiger partial charge < -0.3 is 10.1 Å². The van der Waals surface area contributed by atoms with Crippen molar-refractivity contribution in [2.45, 2.75) is 19.8 Å². The molecule has 0 aliphatic carbocycles. The lowest BCUT2D eigenvalue weighted by atomic mass is 10.3. The Morgan fingerprint density at radius 2 is 2.23 bits per heavy atom. The molecule has 0 radical (unpaired) electrons. The van der Waals surface area contributed by atoms with E-state index in [0.29, 0.717) is 26.0 Å². The Labute approximate surface area is 77.6 Å². The summed E-state index contributed by atoms with van der Waals surface area (Å²) in [6, 6.07) is 0. The van der Waals surface area contributed by atoms with E-state index in [1.54, 1.807) is 6.92 Å². The molecule has 0 fully saturated rings. The molecule has 0 heterocycles. The fourth-order valence-electron chi connectivity index (χ4n) is 0.719. The van der Waals surface area contributed by atoms with Crippen LogP contribution in [0.4, 0.5) is 0 Å². The monoisotopic (exact) mass is 183 g/mol. The Kier molecular flexibility index (Phi) is 6.34. The van der Waals surface area contributed by atoms with E-state index < -0.39 is 5.91 Å². The molecule has 0 atom stereocenters. The van der Waals surface area contributed by atoms with Gasteiger partial charge >= 0.3 is 5.97 Å². The molecule has 4 nitrogen and oxygen atoms in total. The van der Waals surface area contributed by atoms with Crippen molar-refractivity contribution in [3.05, 3.63) is 0 Å². The van der Waals surface area contributed by atoms with Crippen molar-refractivity contribution in [2.24, 2.45) is 0 Å². The molecule has 0 aromatic carbocycles. The Morgan fingerprint density at radius 1 is 1.54 bits per heavy atom. The van der Waals surface area contributed by atoms with Crippen LogP contribution in [0.15, 0.2) is 0 Å². The number of carbonyl (C=O) groups excluding carboxylic acids is 2. The fraction of sp³-hybridized carbons (Fsp3) is 0.556. The third-order valence-electron chi connectivity index (χ3n) is 1.28. The number of carbonyl (C=O) groups is 2. The number of nitrogens with one attached hydrogen (secondary N) is 1. The second-order valence-corrected chi connectivity index (χ2v) is 2.31. The van der Waals surface area contributed by atoms with E-state index in [1.165, 1.54) is 0 Å². The molecule has 1 amide bonds. The number of rotatable bonds is 5. The van der Waals surface area contributed by atoms with Crippen molar-refractivity contribution in [1.29, 1.82) is 0 Å². The minimum atomic E-state index is -0.455. The summed E-state index contributed by atoms with van der Waals surface area (Å²) in [5.41, 5.74) is 0. The first-order valence-electron chi connectivity index (χ1n) is 4.10. The van der Waals surface area contributed by atoms with Gasteiger partial charge in [0.2, 0.25) is 0 Å². The molecule has 0 aliphatic heterocycles. The van der Waals surface area contributed by atoms with Gasteiger partial charge in [0.1, 0.15) is 0 Å². The summed E-state index contributed by atoms with van der Waals surface area (Å²) < 4.78 is 4.68. The van der Waals surface area contributed by atoms with Gasteiger partial charge in [-0.2, -0.15) is 0 Å². The molecule has 0 saturated heterocycles. The average Bonchev–Trinajstić information content (AvgIpc) is 2.12. The van der Waals surface area contributed by atoms with Crippen LogP contribution >= 0.6 is 0 Å². The van der Waals surface area contributed by atoms with Gasteiger partial charge in [0, 0.05) is 13.0 Å². The van der Waals surface area contributed by atoms with Crippen molar-refractivity contribution >= 4 is 11.9 Å². The summed E-state index contributed by atoms with van der Waals surface area (Å²) >= 11 is 0. The molecule has 0 aromatic heterocycles. The molecule has 0 saturated carbocycles. The van der Waals surface area contributed by atoms with Crippen LogP contribution in [0.2, 0.25) is 0 Å². The maximum absolute atomic E-state index is 10.8. The van der Waals surface area contributed by atoms with Crippen LogP contribution in [0.25, 0.3) is 0 Å². The summed E-state index contributed by atoms with van der Waals surface area (Å²) in [6.07, 6.45) is 5.66. The number of hydrogen-bond donors (Lipinski definition) is 1. The van der Waals surface area contributed by atoms with Crippen molar-refractivity contribution in [3.63, 3.8) is 0 Å². The predicted octanol–water partition coefficient (Wildman–Crippen LogP) is 0.0791. The number of amides is 1. The highest BCUT2D eigenvalue weighted by atomic mass is 16.5. The van der Waals surface area contributed by atoms with Gasteiger partial charge in [0.25, 0.3) is 5.91 Å². The summed E-state index contributed by atoms with van der Waals surface area (Å²) in [4.78, 5) is 21.3. The van der Waals surface area contributed by atoms with Gasteiger partial charge in [-0.1, -0.05) is 0 Å². The predicted molar refractivity (Wildman–Crippen MR) is 47.7 cm³/mol. The second kappa shape index (κ2) is 7.17. The highest BCUT2D eigenvalue weighted by Gasteiger charge is 2.00. The zero-order valence-corrected chi connectivity index (χ0v) is 7.63. The molecule has 0 spiro atoms. The average molecular weight is 183 g/mol. The number of esters is 1. The van der Waals surface area contributed by atoms with Crippen LogP contribution in [-0.2, 0) is 14.3 Å². The van der Waals surface area contributed by atoms with E-state index in [0.717, 1.165) is 0 Å². The van der Waals surface area contributed by atoms with E-state index in [4.69, 9.17) is 6.42 Å². The molecule has 0 aromatic rings. The SMILES string of the molecule is C#CC(=O)NCCCC(=O)OCC. The van der Waals surface area contributed by atoms with Gasteiger partial charge in [0.05, 0.1) is 6.61 Å². The molecule has 13 heavy (non-hydrogen) atoms. The Hall–Kier alpha value is -1.50. The van der Waals surface area contributed by atoms with Gasteiger partial charge in [-0.3, -0.25) is 9.59 Å². The first kappa shape index (κ1) is 11.5. The first-order chi connectivity index (χ1) is 6.20. The lowest BCUT2D eigenvalue weighted by molar-refractivity contribution is -0.143. The van der Waals surface area contributed by atoms with Crippen molar-refractivity contribution in [1.82, 2.24) is 5.32 Å². The van der Waals surface area contributed by atoms with Gasteiger partial charge in [-0.05, 0) is 19.3 Å². The fourth-order valence-corrected chi connectivity index (χ4v) is 0.719. The van der Waals surface area contributed by atoms with Crippen LogP contribution < -0.4 is 5.32 Å². The topological polar surface area (TPSA) is 55.4 Å². The standard InChI is InChI=1S/C9H13NO3/c1-3-8(11)10-7-5-6-9(12)13-4-2/h1H,4-7H2,2H3,(H,10,11). The smallest absolute Gasteiger partial charge is 0.305 e. The summed E-state index contributed by atoms with van der Waals surface area (Å²) in [6.45, 7) is 2.54. The molecule has 4 heteroatoms. The number of ether oxygens (including phenoxy) is 1. The van der Waals surface area contributed by atoms with Crippen LogP contribution in [-0.4, -0.2) is 25.0 Å². The molecule has 0 unspecified atom stereocenters. The second-order valence-electron chi connectivity index (χ2n) is 2.31. The number of hydrogen-bond acceptors (Lipinski definition) is 3. The molecule has 1 N–H and O–H groups in total. The largest absolute Gasteiger partial charge is 0.466 e. The maximum atomic E-state index is 10.8. The Bertz CT molecular complexity index is 217. The van der Waals surface area contributed by atoms with Crippen LogP contribution in [0.5, 0.6) is 0 Å². The van der Waals surface area contributed by atoms with Crippen LogP contribution in [0, 0.1) is 12.3 Å². The Balaban J connectivity index is 3.31. The van der Waals surface area contributed by atoms with Gasteiger partial charge in [-0.25, -0.2) is 0 Å². The molecule has 72 valence electrons. The zero-order chi connectivity index (χ0) is 10.1. The van der Waals surface area contributed by atoms with Gasteiger partial charge in [0.15, 0.2) is 0 Å². The van der Waals surface area contributed by atoms with Crippen molar-refractivity contribution < 1.29 is 14.3 Å². The summed E-state index contributed by atoms with van der Waals surface area (Å²) in [5.74, 6) is 1.20. The summed E-state index contributed by atoms with van der Waals surface area (Å²) in [5, 5.41) is 2.45. The lowest BCUT2D eigenvalue weighted by Gasteiger charge is -2.01. The highest BCUT2D eigenvalue weighted by molar-refractivity contribution is 5.92. The maximum Gasteiger partial charge on any atom is 0.305 e. The van der Waals surface area contributed by atoms with Crippen LogP contribution in [0.1, 0.15) is 19.8 Å². The quantitative estimate of drug-likeness (QED) is 0.373. The normalized spacial score (nSPS) is 8.62. The van der Waals surface area contributed by atoms with Crippen molar-refractivity contribution in [2.75, 3.05) is 13.2 Å². The minimum absolute atomic E-state index is 0.252. The van der Waals surface area contributed by atoms with Gasteiger partial charge in [-0.15, -0.1) is 6.42 Å². The first-order valence-corrected chi connectivity index (χ1v) is 4.10. The molecule has 0 bridgehead atoms. The summed E-state index contributed by atoms with van der Waals surface area (Å²) in [7, 11) is 0.